The van der Waals surface area contributed by atoms with Crippen LogP contribution in [-0.2, 0) is 4.74 Å². The molecule has 0 aliphatic heterocycles. The first kappa shape index (κ1) is 14.7. The zero-order valence-electron chi connectivity index (χ0n) is 11.0. The van der Waals surface area contributed by atoms with Crippen molar-refractivity contribution in [1.29, 1.82) is 0 Å². The third kappa shape index (κ3) is 3.89. The Labute approximate surface area is 126 Å². The Morgan fingerprint density at radius 3 is 2.32 bits per heavy atom. The molecule has 1 heterocycles. The van der Waals surface area contributed by atoms with Gasteiger partial charge >= 0.3 is 0 Å². The van der Waals surface area contributed by atoms with Gasteiger partial charge in [0.05, 0.1) is 9.89 Å². The van der Waals surface area contributed by atoms with Gasteiger partial charge in [0, 0.05) is 10.9 Å². The largest absolute Gasteiger partial charge is 0.363 e. The van der Waals surface area contributed by atoms with Crippen molar-refractivity contribution in [2.45, 2.75) is 32.1 Å². The number of ether oxygens (including phenoxy) is 1. The lowest BCUT2D eigenvalue weighted by molar-refractivity contribution is -0.0142. The molecule has 2 aromatic rings. The Morgan fingerprint density at radius 1 is 1.11 bits per heavy atom. The minimum Gasteiger partial charge on any atom is -0.363 e. The molecule has 0 saturated heterocycles. The van der Waals surface area contributed by atoms with Crippen LogP contribution in [0.5, 0.6) is 0 Å². The van der Waals surface area contributed by atoms with E-state index in [2.05, 4.69) is 41.1 Å². The summed E-state index contributed by atoms with van der Waals surface area (Å²) in [5, 5.41) is 0. The molecule has 0 amide bonds. The predicted molar refractivity (Wildman–Crippen MR) is 84.4 cm³/mol. The monoisotopic (exact) mass is 339 g/mol. The molecule has 2 nitrogen and oxygen atoms in total. The molecule has 0 aliphatic rings. The van der Waals surface area contributed by atoms with E-state index >= 15 is 0 Å². The van der Waals surface area contributed by atoms with Gasteiger partial charge in [0.1, 0.15) is 6.10 Å². The van der Waals surface area contributed by atoms with E-state index in [9.17, 15) is 0 Å². The number of nitrogens with two attached hydrogens (primary N) is 1. The zero-order chi connectivity index (χ0) is 13.8. The van der Waals surface area contributed by atoms with Crippen LogP contribution in [0.4, 0.5) is 0 Å². The van der Waals surface area contributed by atoms with E-state index in [0.29, 0.717) is 0 Å². The first-order valence-corrected chi connectivity index (χ1v) is 7.90. The maximum atomic E-state index is 6.16. The second-order valence-electron chi connectivity index (χ2n) is 4.61. The van der Waals surface area contributed by atoms with Crippen molar-refractivity contribution >= 4 is 27.3 Å². The molecular weight excluding hydrogens is 322 g/mol. The van der Waals surface area contributed by atoms with E-state index in [1.807, 2.05) is 31.2 Å². The van der Waals surface area contributed by atoms with E-state index in [4.69, 9.17) is 10.5 Å². The number of rotatable bonds is 5. The Balaban J connectivity index is 2.13. The van der Waals surface area contributed by atoms with Gasteiger partial charge in [-0.05, 0) is 47.5 Å². The van der Waals surface area contributed by atoms with Crippen LogP contribution in [-0.4, -0.2) is 6.04 Å². The molecule has 102 valence electrons. The molecule has 0 spiro atoms. The number of halogens is 1. The molecule has 3 unspecified atom stereocenters. The SMILES string of the molecule is CC(OC(c1ccc(Br)s1)C(C)N)c1ccccc1. The first-order chi connectivity index (χ1) is 9.08. The highest BCUT2D eigenvalue weighted by molar-refractivity contribution is 9.11. The van der Waals surface area contributed by atoms with Crippen LogP contribution in [0.15, 0.2) is 46.3 Å². The first-order valence-electron chi connectivity index (χ1n) is 6.29. The fraction of sp³-hybridized carbons (Fsp3) is 0.333. The van der Waals surface area contributed by atoms with E-state index < -0.39 is 0 Å². The van der Waals surface area contributed by atoms with E-state index in [1.165, 1.54) is 5.56 Å². The highest BCUT2D eigenvalue weighted by atomic mass is 79.9. The summed E-state index contributed by atoms with van der Waals surface area (Å²) in [5.41, 5.74) is 7.24. The summed E-state index contributed by atoms with van der Waals surface area (Å²) >= 11 is 5.16. The summed E-state index contributed by atoms with van der Waals surface area (Å²) in [4.78, 5) is 1.16. The molecule has 1 aromatic carbocycles. The molecular formula is C15H18BrNOS. The van der Waals surface area contributed by atoms with Crippen LogP contribution >= 0.6 is 27.3 Å². The second kappa shape index (κ2) is 6.66. The minimum atomic E-state index is -0.0773. The maximum Gasteiger partial charge on any atom is 0.107 e. The fourth-order valence-electron chi connectivity index (χ4n) is 1.95. The van der Waals surface area contributed by atoms with Crippen LogP contribution in [0.2, 0.25) is 0 Å². The molecule has 0 saturated carbocycles. The average Bonchev–Trinajstić information content (AvgIpc) is 2.82. The third-order valence-corrected chi connectivity index (χ3v) is 4.66. The van der Waals surface area contributed by atoms with Crippen molar-refractivity contribution in [3.05, 3.63) is 56.7 Å². The lowest BCUT2D eigenvalue weighted by atomic mass is 10.1. The summed E-state index contributed by atoms with van der Waals surface area (Å²) in [6.45, 7) is 4.05. The van der Waals surface area contributed by atoms with Crippen LogP contribution in [0, 0.1) is 0 Å². The summed E-state index contributed by atoms with van der Waals surface area (Å²) in [6, 6.07) is 14.3. The summed E-state index contributed by atoms with van der Waals surface area (Å²) in [6.07, 6.45) is -0.0513. The standard InChI is InChI=1S/C15H18BrNOS/c1-10(17)15(13-8-9-14(16)19-13)18-11(2)12-6-4-3-5-7-12/h3-11,15H,17H2,1-2H3. The zero-order valence-corrected chi connectivity index (χ0v) is 13.4. The van der Waals surface area contributed by atoms with E-state index in [-0.39, 0.29) is 18.2 Å². The predicted octanol–water partition coefficient (Wildman–Crippen LogP) is 4.68. The van der Waals surface area contributed by atoms with Gasteiger partial charge in [0.15, 0.2) is 0 Å². The summed E-state index contributed by atoms with van der Waals surface area (Å²) in [7, 11) is 0. The van der Waals surface area contributed by atoms with Crippen molar-refractivity contribution < 1.29 is 4.74 Å². The van der Waals surface area contributed by atoms with Gasteiger partial charge in [-0.15, -0.1) is 11.3 Å². The molecule has 0 bridgehead atoms. The number of hydrogen-bond donors (Lipinski definition) is 1. The Kier molecular flexibility index (Phi) is 5.16. The lowest BCUT2D eigenvalue weighted by Crippen LogP contribution is -2.27. The van der Waals surface area contributed by atoms with Crippen molar-refractivity contribution in [2.24, 2.45) is 5.73 Å². The molecule has 0 radical (unpaired) electrons. The van der Waals surface area contributed by atoms with E-state index in [1.54, 1.807) is 11.3 Å². The van der Waals surface area contributed by atoms with Crippen LogP contribution in [0.25, 0.3) is 0 Å². The van der Waals surface area contributed by atoms with Gasteiger partial charge < -0.3 is 10.5 Å². The van der Waals surface area contributed by atoms with Gasteiger partial charge in [-0.2, -0.15) is 0 Å². The fourth-order valence-corrected chi connectivity index (χ4v) is 3.53. The van der Waals surface area contributed by atoms with Crippen LogP contribution in [0.1, 0.15) is 36.5 Å². The van der Waals surface area contributed by atoms with Crippen LogP contribution < -0.4 is 5.73 Å². The lowest BCUT2D eigenvalue weighted by Gasteiger charge is -2.24. The molecule has 4 heteroatoms. The molecule has 2 N–H and O–H groups in total. The van der Waals surface area contributed by atoms with Crippen molar-refractivity contribution in [3.8, 4) is 0 Å². The molecule has 19 heavy (non-hydrogen) atoms. The molecule has 3 atom stereocenters. The summed E-state index contributed by atoms with van der Waals surface area (Å²) < 4.78 is 7.26. The summed E-state index contributed by atoms with van der Waals surface area (Å²) in [5.74, 6) is 0. The highest BCUT2D eigenvalue weighted by Crippen LogP contribution is 2.34. The van der Waals surface area contributed by atoms with Crippen LogP contribution in [0.3, 0.4) is 0 Å². The normalized spacial score (nSPS) is 16.0. The number of hydrogen-bond acceptors (Lipinski definition) is 3. The Hall–Kier alpha value is -0.680. The van der Waals surface area contributed by atoms with Crippen molar-refractivity contribution in [3.63, 3.8) is 0 Å². The third-order valence-electron chi connectivity index (χ3n) is 2.97. The number of thiophene rings is 1. The van der Waals surface area contributed by atoms with Gasteiger partial charge in [0.2, 0.25) is 0 Å². The Bertz CT molecular complexity index is 512. The van der Waals surface area contributed by atoms with Gasteiger partial charge in [0.25, 0.3) is 0 Å². The molecule has 0 aliphatic carbocycles. The minimum absolute atomic E-state index is 0.0260. The van der Waals surface area contributed by atoms with Gasteiger partial charge in [-0.3, -0.25) is 0 Å². The van der Waals surface area contributed by atoms with Gasteiger partial charge in [-0.1, -0.05) is 30.3 Å². The number of benzene rings is 1. The average molecular weight is 340 g/mol. The van der Waals surface area contributed by atoms with Crippen molar-refractivity contribution in [1.82, 2.24) is 0 Å². The van der Waals surface area contributed by atoms with Crippen molar-refractivity contribution in [2.75, 3.05) is 0 Å². The molecule has 1 aromatic heterocycles. The molecule has 0 fully saturated rings. The highest BCUT2D eigenvalue weighted by Gasteiger charge is 2.22. The molecule has 2 rings (SSSR count). The van der Waals surface area contributed by atoms with E-state index in [0.717, 1.165) is 8.66 Å². The Morgan fingerprint density at radius 2 is 1.79 bits per heavy atom. The topological polar surface area (TPSA) is 35.2 Å². The second-order valence-corrected chi connectivity index (χ2v) is 7.11. The quantitative estimate of drug-likeness (QED) is 0.858. The van der Waals surface area contributed by atoms with Gasteiger partial charge in [-0.25, -0.2) is 0 Å². The maximum absolute atomic E-state index is 6.16. The smallest absolute Gasteiger partial charge is 0.107 e.